The monoisotopic (exact) mass is 241 g/mol. The maximum Gasteiger partial charge on any atom is 0.311 e. The van der Waals surface area contributed by atoms with Gasteiger partial charge in [-0.1, -0.05) is 13.8 Å². The van der Waals surface area contributed by atoms with E-state index in [1.54, 1.807) is 11.3 Å². The summed E-state index contributed by atoms with van der Waals surface area (Å²) in [5, 5.41) is 3.06. The lowest BCUT2D eigenvalue weighted by atomic mass is 9.90. The molecule has 0 aliphatic carbocycles. The summed E-state index contributed by atoms with van der Waals surface area (Å²) in [5.41, 5.74) is 0.599. The average Bonchev–Trinajstić information content (AvgIpc) is 2.64. The molecular formula is C12H19NO2S. The number of nitrogens with zero attached hydrogens (tertiary/aromatic N) is 1. The number of hydrogen-bond acceptors (Lipinski definition) is 4. The van der Waals surface area contributed by atoms with Gasteiger partial charge in [0, 0.05) is 11.8 Å². The lowest BCUT2D eigenvalue weighted by Crippen LogP contribution is -2.27. The van der Waals surface area contributed by atoms with Gasteiger partial charge < -0.3 is 4.74 Å². The topological polar surface area (TPSA) is 39.2 Å². The minimum absolute atomic E-state index is 0.186. The second-order valence-electron chi connectivity index (χ2n) is 4.87. The van der Waals surface area contributed by atoms with Gasteiger partial charge in [-0.25, -0.2) is 4.98 Å². The van der Waals surface area contributed by atoms with Crippen LogP contribution in [-0.4, -0.2) is 18.1 Å². The van der Waals surface area contributed by atoms with Gasteiger partial charge in [-0.05, 0) is 19.8 Å². The standard InChI is InChI=1S/C12H19NO2S/c1-8(2)9-7-16-10(13-9)6-12(3,4)11(14)15-5/h7-8H,6H2,1-5H3. The van der Waals surface area contributed by atoms with Gasteiger partial charge in [-0.3, -0.25) is 4.79 Å². The molecule has 0 fully saturated rings. The van der Waals surface area contributed by atoms with E-state index in [-0.39, 0.29) is 5.97 Å². The van der Waals surface area contributed by atoms with E-state index < -0.39 is 5.41 Å². The number of hydrogen-bond donors (Lipinski definition) is 0. The molecule has 4 heteroatoms. The summed E-state index contributed by atoms with van der Waals surface area (Å²) < 4.78 is 4.78. The van der Waals surface area contributed by atoms with Crippen molar-refractivity contribution in [1.82, 2.24) is 4.98 Å². The zero-order valence-corrected chi connectivity index (χ0v) is 11.4. The fourth-order valence-corrected chi connectivity index (χ4v) is 2.58. The van der Waals surface area contributed by atoms with Crippen molar-refractivity contribution in [3.8, 4) is 0 Å². The van der Waals surface area contributed by atoms with Crippen LogP contribution in [0.4, 0.5) is 0 Å². The summed E-state index contributed by atoms with van der Waals surface area (Å²) in [7, 11) is 1.42. The largest absolute Gasteiger partial charge is 0.469 e. The molecule has 1 rings (SSSR count). The zero-order chi connectivity index (χ0) is 12.3. The molecule has 0 aliphatic heterocycles. The molecule has 0 aromatic carbocycles. The molecule has 0 amide bonds. The second-order valence-corrected chi connectivity index (χ2v) is 5.82. The maximum atomic E-state index is 11.5. The molecule has 1 aromatic rings. The van der Waals surface area contributed by atoms with Gasteiger partial charge in [0.05, 0.1) is 23.2 Å². The molecule has 0 atom stereocenters. The Morgan fingerprint density at radius 3 is 2.62 bits per heavy atom. The Hall–Kier alpha value is -0.900. The smallest absolute Gasteiger partial charge is 0.311 e. The van der Waals surface area contributed by atoms with Crippen molar-refractivity contribution in [2.75, 3.05) is 7.11 Å². The SMILES string of the molecule is COC(=O)C(C)(C)Cc1nc(C(C)C)cs1. The van der Waals surface area contributed by atoms with E-state index in [0.29, 0.717) is 12.3 Å². The highest BCUT2D eigenvalue weighted by Crippen LogP contribution is 2.26. The maximum absolute atomic E-state index is 11.5. The number of thiazole rings is 1. The number of carbonyl (C=O) groups is 1. The number of aromatic nitrogens is 1. The lowest BCUT2D eigenvalue weighted by Gasteiger charge is -2.19. The third kappa shape index (κ3) is 3.04. The molecule has 0 unspecified atom stereocenters. The quantitative estimate of drug-likeness (QED) is 0.761. The van der Waals surface area contributed by atoms with Crippen LogP contribution >= 0.6 is 11.3 Å². The van der Waals surface area contributed by atoms with Crippen molar-refractivity contribution in [1.29, 1.82) is 0 Å². The normalized spacial score (nSPS) is 11.9. The van der Waals surface area contributed by atoms with Crippen molar-refractivity contribution in [2.24, 2.45) is 5.41 Å². The van der Waals surface area contributed by atoms with E-state index in [1.165, 1.54) is 7.11 Å². The van der Waals surface area contributed by atoms with E-state index in [9.17, 15) is 4.79 Å². The van der Waals surface area contributed by atoms with Crippen LogP contribution in [0.3, 0.4) is 0 Å². The van der Waals surface area contributed by atoms with Crippen LogP contribution < -0.4 is 0 Å². The van der Waals surface area contributed by atoms with E-state index in [2.05, 4.69) is 24.2 Å². The van der Waals surface area contributed by atoms with Gasteiger partial charge in [0.15, 0.2) is 0 Å². The minimum atomic E-state index is -0.499. The summed E-state index contributed by atoms with van der Waals surface area (Å²) in [6.07, 6.45) is 0.636. The van der Waals surface area contributed by atoms with E-state index >= 15 is 0 Å². The third-order valence-corrected chi connectivity index (χ3v) is 3.36. The van der Waals surface area contributed by atoms with Crippen molar-refractivity contribution in [2.45, 2.75) is 40.0 Å². The first kappa shape index (κ1) is 13.2. The molecular weight excluding hydrogens is 222 g/mol. The predicted molar refractivity (Wildman–Crippen MR) is 65.7 cm³/mol. The summed E-state index contributed by atoms with van der Waals surface area (Å²) in [4.78, 5) is 16.1. The number of esters is 1. The van der Waals surface area contributed by atoms with E-state index in [0.717, 1.165) is 10.7 Å². The molecule has 0 bridgehead atoms. The molecule has 0 saturated heterocycles. The van der Waals surface area contributed by atoms with Crippen LogP contribution in [0, 0.1) is 5.41 Å². The first-order valence-corrected chi connectivity index (χ1v) is 6.27. The van der Waals surface area contributed by atoms with Gasteiger partial charge >= 0.3 is 5.97 Å². The van der Waals surface area contributed by atoms with Crippen LogP contribution in [0.2, 0.25) is 0 Å². The zero-order valence-electron chi connectivity index (χ0n) is 10.5. The predicted octanol–water partition coefficient (Wildman–Crippen LogP) is 3.01. The molecule has 1 heterocycles. The molecule has 0 N–H and O–H groups in total. The Balaban J connectivity index is 2.76. The lowest BCUT2D eigenvalue weighted by molar-refractivity contribution is -0.150. The summed E-state index contributed by atoms with van der Waals surface area (Å²) >= 11 is 1.61. The number of ether oxygens (including phenoxy) is 1. The van der Waals surface area contributed by atoms with Gasteiger partial charge in [0.2, 0.25) is 0 Å². The number of methoxy groups -OCH3 is 1. The highest BCUT2D eigenvalue weighted by molar-refractivity contribution is 7.09. The fourth-order valence-electron chi connectivity index (χ4n) is 1.40. The number of carbonyl (C=O) groups excluding carboxylic acids is 1. The Bertz CT molecular complexity index is 369. The Labute approximate surface area is 101 Å². The molecule has 3 nitrogen and oxygen atoms in total. The molecule has 0 saturated carbocycles. The van der Waals surface area contributed by atoms with Gasteiger partial charge in [-0.15, -0.1) is 11.3 Å². The summed E-state index contributed by atoms with van der Waals surface area (Å²) in [6.45, 7) is 8.00. The Kier molecular flexibility index (Phi) is 4.08. The van der Waals surface area contributed by atoms with Gasteiger partial charge in [-0.2, -0.15) is 0 Å². The van der Waals surface area contributed by atoms with E-state index in [4.69, 9.17) is 4.74 Å². The van der Waals surface area contributed by atoms with Gasteiger partial charge in [0.1, 0.15) is 0 Å². The molecule has 0 spiro atoms. The number of rotatable bonds is 4. The van der Waals surface area contributed by atoms with Crippen molar-refractivity contribution >= 4 is 17.3 Å². The first-order chi connectivity index (χ1) is 7.36. The summed E-state index contributed by atoms with van der Waals surface area (Å²) in [6, 6.07) is 0. The van der Waals surface area contributed by atoms with Crippen LogP contribution in [-0.2, 0) is 16.0 Å². The minimum Gasteiger partial charge on any atom is -0.469 e. The third-order valence-electron chi connectivity index (χ3n) is 2.49. The van der Waals surface area contributed by atoms with Crippen molar-refractivity contribution in [3.63, 3.8) is 0 Å². The fraction of sp³-hybridized carbons (Fsp3) is 0.667. The van der Waals surface area contributed by atoms with Gasteiger partial charge in [0.25, 0.3) is 0 Å². The Morgan fingerprint density at radius 2 is 2.19 bits per heavy atom. The highest BCUT2D eigenvalue weighted by Gasteiger charge is 2.30. The summed E-state index contributed by atoms with van der Waals surface area (Å²) in [5.74, 6) is 0.250. The molecule has 0 radical (unpaired) electrons. The van der Waals surface area contributed by atoms with Crippen molar-refractivity contribution in [3.05, 3.63) is 16.1 Å². The van der Waals surface area contributed by atoms with Crippen molar-refractivity contribution < 1.29 is 9.53 Å². The van der Waals surface area contributed by atoms with Crippen LogP contribution in [0.1, 0.15) is 44.3 Å². The average molecular weight is 241 g/mol. The molecule has 1 aromatic heterocycles. The van der Waals surface area contributed by atoms with Crippen LogP contribution in [0.25, 0.3) is 0 Å². The molecule has 0 aliphatic rings. The van der Waals surface area contributed by atoms with E-state index in [1.807, 2.05) is 13.8 Å². The molecule has 16 heavy (non-hydrogen) atoms. The second kappa shape index (κ2) is 4.95. The Morgan fingerprint density at radius 1 is 1.56 bits per heavy atom. The highest BCUT2D eigenvalue weighted by atomic mass is 32.1. The van der Waals surface area contributed by atoms with Crippen LogP contribution in [0.15, 0.2) is 5.38 Å². The molecule has 90 valence electrons. The first-order valence-electron chi connectivity index (χ1n) is 5.39. The van der Waals surface area contributed by atoms with Crippen LogP contribution in [0.5, 0.6) is 0 Å².